The van der Waals surface area contributed by atoms with E-state index >= 15 is 0 Å². The lowest BCUT2D eigenvalue weighted by Crippen LogP contribution is -2.28. The smallest absolute Gasteiger partial charge is 0.222 e. The average Bonchev–Trinajstić information content (AvgIpc) is 2.55. The molecule has 5 nitrogen and oxygen atoms in total. The van der Waals surface area contributed by atoms with Gasteiger partial charge in [0.05, 0.1) is 0 Å². The predicted molar refractivity (Wildman–Crippen MR) is 62.8 cm³/mol. The van der Waals surface area contributed by atoms with E-state index < -0.39 is 0 Å². The molecule has 0 aromatic heterocycles. The fourth-order valence-electron chi connectivity index (χ4n) is 1.95. The molecule has 0 spiro atoms. The Bertz CT molecular complexity index is 302. The number of rotatable bonds is 4. The van der Waals surface area contributed by atoms with Crippen LogP contribution in [-0.4, -0.2) is 30.4 Å². The van der Waals surface area contributed by atoms with Crippen molar-refractivity contribution < 1.29 is 4.79 Å². The van der Waals surface area contributed by atoms with Gasteiger partial charge in [-0.25, -0.2) is 0 Å². The first kappa shape index (κ1) is 12.8. The molecular formula is C11H20N4O. The molecule has 1 atom stereocenters. The molecule has 0 saturated carbocycles. The van der Waals surface area contributed by atoms with Crippen molar-refractivity contribution in [1.29, 1.82) is 0 Å². The summed E-state index contributed by atoms with van der Waals surface area (Å²) in [6.07, 6.45) is 1.41. The van der Waals surface area contributed by atoms with Crippen LogP contribution in [0.5, 0.6) is 0 Å². The Morgan fingerprint density at radius 3 is 2.75 bits per heavy atom. The van der Waals surface area contributed by atoms with Gasteiger partial charge in [0, 0.05) is 31.0 Å². The molecule has 1 amide bonds. The zero-order valence-corrected chi connectivity index (χ0v) is 10.3. The Labute approximate surface area is 96.4 Å². The summed E-state index contributed by atoms with van der Waals surface area (Å²) >= 11 is 0. The number of azide groups is 1. The van der Waals surface area contributed by atoms with E-state index in [1.165, 1.54) is 0 Å². The van der Waals surface area contributed by atoms with Crippen molar-refractivity contribution in [3.05, 3.63) is 10.4 Å². The highest BCUT2D eigenvalue weighted by Crippen LogP contribution is 2.34. The molecule has 1 heterocycles. The molecule has 1 unspecified atom stereocenters. The highest BCUT2D eigenvalue weighted by atomic mass is 16.2. The molecule has 0 aliphatic carbocycles. The number of hydrogen-bond acceptors (Lipinski definition) is 2. The lowest BCUT2D eigenvalue weighted by Gasteiger charge is -2.26. The lowest BCUT2D eigenvalue weighted by atomic mass is 9.80. The van der Waals surface area contributed by atoms with Gasteiger partial charge in [0.2, 0.25) is 5.91 Å². The quantitative estimate of drug-likeness (QED) is 0.313. The van der Waals surface area contributed by atoms with Gasteiger partial charge < -0.3 is 4.90 Å². The standard InChI is InChI=1S/C11H20N4O/c1-11(2,3)9-7-10(16)15(8-9)6-4-5-13-14-12/h9H,4-8H2,1-3H3. The lowest BCUT2D eigenvalue weighted by molar-refractivity contribution is -0.127. The minimum absolute atomic E-state index is 0.190. The highest BCUT2D eigenvalue weighted by Gasteiger charge is 2.36. The summed E-state index contributed by atoms with van der Waals surface area (Å²) < 4.78 is 0. The average molecular weight is 224 g/mol. The van der Waals surface area contributed by atoms with Crippen LogP contribution in [0.2, 0.25) is 0 Å². The maximum Gasteiger partial charge on any atom is 0.222 e. The van der Waals surface area contributed by atoms with Crippen molar-refractivity contribution in [2.45, 2.75) is 33.6 Å². The molecule has 1 aliphatic rings. The first-order valence-corrected chi connectivity index (χ1v) is 5.74. The number of carbonyl (C=O) groups is 1. The van der Waals surface area contributed by atoms with Crippen LogP contribution in [0, 0.1) is 11.3 Å². The molecule has 0 aromatic carbocycles. The van der Waals surface area contributed by atoms with Crippen molar-refractivity contribution >= 4 is 5.91 Å². The van der Waals surface area contributed by atoms with Crippen molar-refractivity contribution in [2.24, 2.45) is 16.4 Å². The minimum atomic E-state index is 0.190. The van der Waals surface area contributed by atoms with E-state index in [1.807, 2.05) is 4.90 Å². The van der Waals surface area contributed by atoms with Gasteiger partial charge in [-0.3, -0.25) is 4.79 Å². The maximum atomic E-state index is 11.7. The summed E-state index contributed by atoms with van der Waals surface area (Å²) in [5.41, 5.74) is 8.33. The second kappa shape index (κ2) is 5.21. The third-order valence-electron chi connectivity index (χ3n) is 3.19. The molecular weight excluding hydrogens is 204 g/mol. The molecule has 0 radical (unpaired) electrons. The summed E-state index contributed by atoms with van der Waals surface area (Å²) in [7, 11) is 0. The van der Waals surface area contributed by atoms with Crippen LogP contribution in [0.1, 0.15) is 33.6 Å². The van der Waals surface area contributed by atoms with Gasteiger partial charge in [-0.1, -0.05) is 25.9 Å². The Morgan fingerprint density at radius 1 is 1.56 bits per heavy atom. The van der Waals surface area contributed by atoms with Gasteiger partial charge in [0.1, 0.15) is 0 Å². The molecule has 0 bridgehead atoms. The molecule has 0 aromatic rings. The number of carbonyl (C=O) groups excluding carboxylic acids is 1. The summed E-state index contributed by atoms with van der Waals surface area (Å²) in [5, 5.41) is 3.47. The number of hydrogen-bond donors (Lipinski definition) is 0. The number of amides is 1. The summed E-state index contributed by atoms with van der Waals surface area (Å²) in [4.78, 5) is 16.3. The zero-order chi connectivity index (χ0) is 12.2. The van der Waals surface area contributed by atoms with E-state index in [0.717, 1.165) is 13.0 Å². The molecule has 1 rings (SSSR count). The molecule has 0 N–H and O–H groups in total. The Balaban J connectivity index is 2.40. The van der Waals surface area contributed by atoms with E-state index in [1.54, 1.807) is 0 Å². The van der Waals surface area contributed by atoms with Crippen LogP contribution in [0.15, 0.2) is 5.11 Å². The van der Waals surface area contributed by atoms with E-state index in [2.05, 4.69) is 30.8 Å². The monoisotopic (exact) mass is 224 g/mol. The fraction of sp³-hybridized carbons (Fsp3) is 0.909. The first-order valence-electron chi connectivity index (χ1n) is 5.74. The number of nitrogens with zero attached hydrogens (tertiary/aromatic N) is 4. The summed E-state index contributed by atoms with van der Waals surface area (Å²) in [6, 6.07) is 0. The Kier molecular flexibility index (Phi) is 4.19. The Morgan fingerprint density at radius 2 is 2.25 bits per heavy atom. The van der Waals surface area contributed by atoms with Gasteiger partial charge in [-0.2, -0.15) is 0 Å². The van der Waals surface area contributed by atoms with Gasteiger partial charge in [-0.15, -0.1) is 0 Å². The van der Waals surface area contributed by atoms with Crippen LogP contribution in [0.4, 0.5) is 0 Å². The van der Waals surface area contributed by atoms with Crippen molar-refractivity contribution in [2.75, 3.05) is 19.6 Å². The minimum Gasteiger partial charge on any atom is -0.342 e. The van der Waals surface area contributed by atoms with Gasteiger partial charge in [-0.05, 0) is 23.3 Å². The van der Waals surface area contributed by atoms with Crippen molar-refractivity contribution in [3.63, 3.8) is 0 Å². The second-order valence-corrected chi connectivity index (χ2v) is 5.41. The van der Waals surface area contributed by atoms with Crippen LogP contribution in [0.3, 0.4) is 0 Å². The molecule has 1 saturated heterocycles. The zero-order valence-electron chi connectivity index (χ0n) is 10.3. The first-order chi connectivity index (χ1) is 7.45. The van der Waals surface area contributed by atoms with Gasteiger partial charge >= 0.3 is 0 Å². The topological polar surface area (TPSA) is 69.1 Å². The van der Waals surface area contributed by atoms with E-state index in [0.29, 0.717) is 25.4 Å². The van der Waals surface area contributed by atoms with Crippen LogP contribution in [0.25, 0.3) is 10.4 Å². The largest absolute Gasteiger partial charge is 0.342 e. The van der Waals surface area contributed by atoms with E-state index in [-0.39, 0.29) is 11.3 Å². The highest BCUT2D eigenvalue weighted by molar-refractivity contribution is 5.78. The van der Waals surface area contributed by atoms with Gasteiger partial charge in [0.15, 0.2) is 0 Å². The van der Waals surface area contributed by atoms with Gasteiger partial charge in [0.25, 0.3) is 0 Å². The van der Waals surface area contributed by atoms with E-state index in [9.17, 15) is 4.79 Å². The SMILES string of the molecule is CC(C)(C)C1CC(=O)N(CCCN=[N+]=[N-])C1. The number of likely N-dealkylation sites (tertiary alicyclic amines) is 1. The molecule has 16 heavy (non-hydrogen) atoms. The summed E-state index contributed by atoms with van der Waals surface area (Å²) in [5.74, 6) is 0.681. The third kappa shape index (κ3) is 3.42. The normalized spacial score (nSPS) is 21.1. The molecule has 1 fully saturated rings. The van der Waals surface area contributed by atoms with Crippen LogP contribution in [-0.2, 0) is 4.79 Å². The fourth-order valence-corrected chi connectivity index (χ4v) is 1.95. The second-order valence-electron chi connectivity index (χ2n) is 5.41. The van der Waals surface area contributed by atoms with Crippen LogP contribution >= 0.6 is 0 Å². The van der Waals surface area contributed by atoms with Crippen LogP contribution < -0.4 is 0 Å². The molecule has 5 heteroatoms. The Hall–Kier alpha value is -1.22. The summed E-state index contributed by atoms with van der Waals surface area (Å²) in [6.45, 7) is 8.56. The third-order valence-corrected chi connectivity index (χ3v) is 3.19. The maximum absolute atomic E-state index is 11.7. The van der Waals surface area contributed by atoms with Crippen molar-refractivity contribution in [3.8, 4) is 0 Å². The molecule has 90 valence electrons. The predicted octanol–water partition coefficient (Wildman–Crippen LogP) is 2.58. The van der Waals surface area contributed by atoms with Crippen molar-refractivity contribution in [1.82, 2.24) is 4.90 Å². The van der Waals surface area contributed by atoms with E-state index in [4.69, 9.17) is 5.53 Å². The molecule has 1 aliphatic heterocycles.